The van der Waals surface area contributed by atoms with Crippen LogP contribution >= 0.6 is 11.6 Å². The molecule has 1 N–H and O–H groups in total. The lowest BCUT2D eigenvalue weighted by Gasteiger charge is -2.50. The molecule has 25 heavy (non-hydrogen) atoms. The molecule has 3 aliphatic carbocycles. The Bertz CT molecular complexity index is 731. The topological polar surface area (TPSA) is 73.9 Å². The lowest BCUT2D eigenvalue weighted by molar-refractivity contribution is -0.139. The Balaban J connectivity index is 1.96. The van der Waals surface area contributed by atoms with E-state index in [0.29, 0.717) is 37.3 Å². The van der Waals surface area contributed by atoms with E-state index in [1.165, 1.54) is 21.3 Å². The molecule has 0 aromatic heterocycles. The molecule has 6 nitrogen and oxygen atoms in total. The molecule has 1 spiro atoms. The fourth-order valence-corrected chi connectivity index (χ4v) is 6.57. The summed E-state index contributed by atoms with van der Waals surface area (Å²) in [6.45, 7) is 0.693. The fourth-order valence-electron chi connectivity index (χ4n) is 5.94. The number of carbonyl (C=O) groups is 2. The van der Waals surface area contributed by atoms with E-state index < -0.39 is 21.7 Å². The van der Waals surface area contributed by atoms with Crippen molar-refractivity contribution in [3.05, 3.63) is 23.4 Å². The largest absolute Gasteiger partial charge is 0.495 e. The summed E-state index contributed by atoms with van der Waals surface area (Å²) in [5.74, 6) is 0.826. The van der Waals surface area contributed by atoms with Crippen molar-refractivity contribution in [2.75, 3.05) is 27.9 Å². The molecule has 1 aliphatic heterocycles. The molecule has 3 unspecified atom stereocenters. The van der Waals surface area contributed by atoms with E-state index in [1.54, 1.807) is 0 Å². The Hall–Kier alpha value is -1.53. The minimum Gasteiger partial charge on any atom is -0.495 e. The van der Waals surface area contributed by atoms with Gasteiger partial charge in [0.2, 0.25) is 17.3 Å². The molecule has 136 valence electrons. The van der Waals surface area contributed by atoms with E-state index in [-0.39, 0.29) is 23.7 Å². The van der Waals surface area contributed by atoms with E-state index in [2.05, 4.69) is 5.32 Å². The third-order valence-electron chi connectivity index (χ3n) is 6.85. The number of Topliss-reactive ketones (excluding diaryl/α,β-unsaturated/α-hetero) is 2. The first kappa shape index (κ1) is 16.9. The van der Waals surface area contributed by atoms with E-state index in [9.17, 15) is 9.59 Å². The maximum atomic E-state index is 13.3. The molecule has 4 aliphatic rings. The second-order valence-corrected chi connectivity index (χ2v) is 7.81. The Labute approximate surface area is 151 Å². The molecular weight excluding hydrogens is 346 g/mol. The summed E-state index contributed by atoms with van der Waals surface area (Å²) < 4.78 is 16.3. The molecule has 1 saturated carbocycles. The van der Waals surface area contributed by atoms with Crippen LogP contribution in [0.2, 0.25) is 0 Å². The van der Waals surface area contributed by atoms with Crippen LogP contribution in [-0.4, -0.2) is 50.4 Å². The van der Waals surface area contributed by atoms with Crippen molar-refractivity contribution in [2.24, 2.45) is 10.8 Å². The van der Waals surface area contributed by atoms with Crippen molar-refractivity contribution in [3.63, 3.8) is 0 Å². The van der Waals surface area contributed by atoms with Gasteiger partial charge >= 0.3 is 0 Å². The predicted octanol–water partition coefficient (Wildman–Crippen LogP) is 1.68. The van der Waals surface area contributed by atoms with Gasteiger partial charge in [0.05, 0.1) is 32.3 Å². The number of hydrogen-bond donors (Lipinski definition) is 1. The summed E-state index contributed by atoms with van der Waals surface area (Å²) in [7, 11) is 4.50. The Morgan fingerprint density at radius 1 is 1.20 bits per heavy atom. The number of allylic oxidation sites excluding steroid dienone is 3. The van der Waals surface area contributed by atoms with Crippen molar-refractivity contribution in [1.82, 2.24) is 5.32 Å². The standard InChI is InChI=1S/C18H22ClNO5/c1-23-11-4-5-17(14(11)22)12(19)9-18-15(25-3)13(24-2)10(21)8-16(17,18)6-7-20-18/h4,12,20H,5-9H2,1-3H3/t12?,16?,17-,18?/m1/s1. The highest BCUT2D eigenvalue weighted by Gasteiger charge is 2.80. The van der Waals surface area contributed by atoms with Crippen LogP contribution in [0.15, 0.2) is 23.4 Å². The van der Waals surface area contributed by atoms with E-state index >= 15 is 0 Å². The molecular formula is C18H22ClNO5. The Morgan fingerprint density at radius 2 is 1.96 bits per heavy atom. The van der Waals surface area contributed by atoms with E-state index in [4.69, 9.17) is 25.8 Å². The smallest absolute Gasteiger partial charge is 0.205 e. The van der Waals surface area contributed by atoms with Crippen LogP contribution in [0.4, 0.5) is 0 Å². The van der Waals surface area contributed by atoms with Crippen LogP contribution in [0.5, 0.6) is 0 Å². The van der Waals surface area contributed by atoms with Crippen LogP contribution in [0, 0.1) is 10.8 Å². The highest BCUT2D eigenvalue weighted by molar-refractivity contribution is 6.25. The number of hydrogen-bond acceptors (Lipinski definition) is 6. The third kappa shape index (κ3) is 1.61. The predicted molar refractivity (Wildman–Crippen MR) is 89.9 cm³/mol. The molecule has 0 aromatic carbocycles. The average molecular weight is 368 g/mol. The Morgan fingerprint density at radius 3 is 2.56 bits per heavy atom. The van der Waals surface area contributed by atoms with Crippen LogP contribution in [0.3, 0.4) is 0 Å². The summed E-state index contributed by atoms with van der Waals surface area (Å²) in [6.07, 6.45) is 3.71. The number of halogens is 1. The summed E-state index contributed by atoms with van der Waals surface area (Å²) in [6, 6.07) is 0. The van der Waals surface area contributed by atoms with Crippen molar-refractivity contribution in [1.29, 1.82) is 0 Å². The van der Waals surface area contributed by atoms with E-state index in [1.807, 2.05) is 6.08 Å². The number of alkyl halides is 1. The fraction of sp³-hybridized carbons (Fsp3) is 0.667. The highest BCUT2D eigenvalue weighted by atomic mass is 35.5. The summed E-state index contributed by atoms with van der Waals surface area (Å²) in [4.78, 5) is 26.2. The van der Waals surface area contributed by atoms with Crippen LogP contribution in [-0.2, 0) is 23.8 Å². The second-order valence-electron chi connectivity index (χ2n) is 7.28. The van der Waals surface area contributed by atoms with Crippen LogP contribution < -0.4 is 5.32 Å². The maximum absolute atomic E-state index is 13.3. The molecule has 1 heterocycles. The summed E-state index contributed by atoms with van der Waals surface area (Å²) >= 11 is 6.84. The van der Waals surface area contributed by atoms with Crippen molar-refractivity contribution >= 4 is 23.2 Å². The van der Waals surface area contributed by atoms with Gasteiger partial charge in [-0.1, -0.05) is 0 Å². The Kier molecular flexibility index (Phi) is 3.54. The van der Waals surface area contributed by atoms with Gasteiger partial charge in [-0.2, -0.15) is 0 Å². The number of ether oxygens (including phenoxy) is 3. The van der Waals surface area contributed by atoms with Gasteiger partial charge in [0.15, 0.2) is 11.5 Å². The summed E-state index contributed by atoms with van der Waals surface area (Å²) in [5.41, 5.74) is -2.16. The first-order chi connectivity index (χ1) is 11.9. The van der Waals surface area contributed by atoms with Gasteiger partial charge < -0.3 is 19.5 Å². The van der Waals surface area contributed by atoms with Gasteiger partial charge in [-0.25, -0.2) is 0 Å². The van der Waals surface area contributed by atoms with Crippen LogP contribution in [0.25, 0.3) is 0 Å². The second kappa shape index (κ2) is 5.24. The SMILES string of the molecule is COC1=CC[C@]2(C1=O)C(Cl)CC13NCCC12CC(=O)C(OC)=C3OC. The average Bonchev–Trinajstić information content (AvgIpc) is 3.18. The minimum atomic E-state index is -0.859. The quantitative estimate of drug-likeness (QED) is 0.765. The van der Waals surface area contributed by atoms with Crippen molar-refractivity contribution in [3.8, 4) is 0 Å². The van der Waals surface area contributed by atoms with Crippen LogP contribution in [0.1, 0.15) is 25.7 Å². The van der Waals surface area contributed by atoms with Crippen molar-refractivity contribution < 1.29 is 23.8 Å². The molecule has 0 bridgehead atoms. The normalized spacial score (nSPS) is 42.6. The molecule has 0 amide bonds. The van der Waals surface area contributed by atoms with Gasteiger partial charge in [-0.3, -0.25) is 9.59 Å². The maximum Gasteiger partial charge on any atom is 0.205 e. The number of rotatable bonds is 3. The third-order valence-corrected chi connectivity index (χ3v) is 7.37. The lowest BCUT2D eigenvalue weighted by atomic mass is 9.53. The molecule has 7 heteroatoms. The highest BCUT2D eigenvalue weighted by Crippen LogP contribution is 2.72. The van der Waals surface area contributed by atoms with Crippen molar-refractivity contribution in [2.45, 2.75) is 36.6 Å². The number of ketones is 2. The molecule has 4 atom stereocenters. The summed E-state index contributed by atoms with van der Waals surface area (Å²) in [5, 5.41) is 3.10. The molecule has 0 aromatic rings. The zero-order valence-electron chi connectivity index (χ0n) is 14.6. The number of nitrogens with one attached hydrogen (secondary N) is 1. The molecule has 1 saturated heterocycles. The molecule has 4 rings (SSSR count). The first-order valence-corrected chi connectivity index (χ1v) is 8.92. The van der Waals surface area contributed by atoms with Gasteiger partial charge in [-0.05, 0) is 31.9 Å². The molecule has 0 radical (unpaired) electrons. The monoisotopic (exact) mass is 367 g/mol. The van der Waals surface area contributed by atoms with Gasteiger partial charge in [0.1, 0.15) is 0 Å². The van der Waals surface area contributed by atoms with Gasteiger partial charge in [0, 0.05) is 17.2 Å². The number of methoxy groups -OCH3 is 3. The minimum absolute atomic E-state index is 0.0929. The van der Waals surface area contributed by atoms with Gasteiger partial charge in [0.25, 0.3) is 0 Å². The zero-order chi connectivity index (χ0) is 18.0. The zero-order valence-corrected chi connectivity index (χ0v) is 15.4. The lowest BCUT2D eigenvalue weighted by Crippen LogP contribution is -2.60. The molecule has 2 fully saturated rings. The van der Waals surface area contributed by atoms with Gasteiger partial charge in [-0.15, -0.1) is 11.6 Å². The van der Waals surface area contributed by atoms with E-state index in [0.717, 1.165) is 0 Å². The number of carbonyl (C=O) groups excluding carboxylic acids is 2. The first-order valence-electron chi connectivity index (χ1n) is 8.48.